The highest BCUT2D eigenvalue weighted by Gasteiger charge is 2.22. The van der Waals surface area contributed by atoms with Crippen LogP contribution in [0.3, 0.4) is 0 Å². The van der Waals surface area contributed by atoms with Gasteiger partial charge in [0.25, 0.3) is 0 Å². The molecule has 0 fully saturated rings. The number of nitro benzene ring substituents is 1. The van der Waals surface area contributed by atoms with Crippen LogP contribution in [0.5, 0.6) is 23.0 Å². The summed E-state index contributed by atoms with van der Waals surface area (Å²) in [6, 6.07) is 6.65. The summed E-state index contributed by atoms with van der Waals surface area (Å²) in [5, 5.41) is 11.4. The Morgan fingerprint density at radius 1 is 1.15 bits per heavy atom. The lowest BCUT2D eigenvalue weighted by Crippen LogP contribution is -2.11. The number of carbonyl (C=O) groups is 1. The first-order chi connectivity index (χ1) is 12.9. The van der Waals surface area contributed by atoms with E-state index in [4.69, 9.17) is 30.5 Å². The van der Waals surface area contributed by atoms with Crippen LogP contribution in [0.25, 0.3) is 0 Å². The predicted octanol–water partition coefficient (Wildman–Crippen LogP) is 4.27. The van der Waals surface area contributed by atoms with Gasteiger partial charge >= 0.3 is 11.7 Å². The second-order valence-electron chi connectivity index (χ2n) is 5.32. The largest absolute Gasteiger partial charge is 0.496 e. The van der Waals surface area contributed by atoms with Crippen molar-refractivity contribution in [2.24, 2.45) is 0 Å². The van der Waals surface area contributed by atoms with Crippen molar-refractivity contribution in [3.05, 3.63) is 51.0 Å². The van der Waals surface area contributed by atoms with Crippen molar-refractivity contribution in [1.29, 1.82) is 0 Å². The van der Waals surface area contributed by atoms with Gasteiger partial charge in [-0.2, -0.15) is 0 Å². The van der Waals surface area contributed by atoms with E-state index in [-0.39, 0.29) is 27.8 Å². The number of benzene rings is 2. The quantitative estimate of drug-likeness (QED) is 0.285. The minimum atomic E-state index is -0.828. The zero-order valence-electron chi connectivity index (χ0n) is 15.0. The molecule has 0 amide bonds. The average Bonchev–Trinajstić information content (AvgIpc) is 2.66. The van der Waals surface area contributed by atoms with Crippen LogP contribution in [-0.2, 0) is 0 Å². The molecule has 0 aliphatic heterocycles. The first-order valence-electron chi connectivity index (χ1n) is 7.96. The van der Waals surface area contributed by atoms with Gasteiger partial charge in [0.15, 0.2) is 11.5 Å². The highest BCUT2D eigenvalue weighted by Crippen LogP contribution is 2.37. The molecule has 2 aromatic carbocycles. The number of ether oxygens (including phenoxy) is 4. The van der Waals surface area contributed by atoms with E-state index in [2.05, 4.69) is 0 Å². The van der Waals surface area contributed by atoms with Crippen molar-refractivity contribution in [3.8, 4) is 23.0 Å². The third-order valence-electron chi connectivity index (χ3n) is 3.48. The Morgan fingerprint density at radius 2 is 1.89 bits per heavy atom. The molecule has 2 rings (SSSR count). The van der Waals surface area contributed by atoms with E-state index >= 15 is 0 Å². The number of methoxy groups -OCH3 is 2. The number of nitro groups is 1. The monoisotopic (exact) mass is 395 g/mol. The van der Waals surface area contributed by atoms with Crippen molar-refractivity contribution in [2.75, 3.05) is 20.8 Å². The van der Waals surface area contributed by atoms with Crippen LogP contribution in [0.1, 0.15) is 23.7 Å². The Bertz CT molecular complexity index is 854. The van der Waals surface area contributed by atoms with Crippen molar-refractivity contribution in [1.82, 2.24) is 0 Å². The summed E-state index contributed by atoms with van der Waals surface area (Å²) in [5.41, 5.74) is -0.338. The molecule has 0 N–H and O–H groups in total. The molecular weight excluding hydrogens is 378 g/mol. The highest BCUT2D eigenvalue weighted by atomic mass is 35.5. The Kier molecular flexibility index (Phi) is 6.84. The molecule has 0 radical (unpaired) electrons. The molecule has 0 heterocycles. The van der Waals surface area contributed by atoms with E-state index in [1.807, 2.05) is 6.92 Å². The van der Waals surface area contributed by atoms with Crippen LogP contribution in [0.15, 0.2) is 30.3 Å². The van der Waals surface area contributed by atoms with Gasteiger partial charge < -0.3 is 18.9 Å². The van der Waals surface area contributed by atoms with E-state index in [0.717, 1.165) is 12.5 Å². The summed E-state index contributed by atoms with van der Waals surface area (Å²) in [4.78, 5) is 23.0. The summed E-state index contributed by atoms with van der Waals surface area (Å²) in [7, 11) is 2.79. The standard InChI is InChI=1S/C18H18ClNO7/c1-4-7-26-17-13(19)8-11(9-16(17)25-3)18(21)27-15-6-5-12(24-2)10-14(15)20(22)23/h5-6,8-10H,4,7H2,1-3H3. The van der Waals surface area contributed by atoms with Crippen LogP contribution in [0, 0.1) is 10.1 Å². The minimum Gasteiger partial charge on any atom is -0.496 e. The lowest BCUT2D eigenvalue weighted by atomic mass is 10.2. The Hall–Kier alpha value is -3.00. The molecule has 0 atom stereocenters. The fourth-order valence-electron chi connectivity index (χ4n) is 2.19. The molecule has 9 heteroatoms. The number of carbonyl (C=O) groups excluding carboxylic acids is 1. The van der Waals surface area contributed by atoms with Gasteiger partial charge in [0.1, 0.15) is 5.75 Å². The number of hydrogen-bond donors (Lipinski definition) is 0. The van der Waals surface area contributed by atoms with Crippen molar-refractivity contribution < 1.29 is 28.7 Å². The lowest BCUT2D eigenvalue weighted by Gasteiger charge is -2.13. The first kappa shape index (κ1) is 20.3. The molecule has 144 valence electrons. The number of hydrogen-bond acceptors (Lipinski definition) is 7. The van der Waals surface area contributed by atoms with E-state index < -0.39 is 16.6 Å². The van der Waals surface area contributed by atoms with Gasteiger partial charge in [-0.1, -0.05) is 18.5 Å². The predicted molar refractivity (Wildman–Crippen MR) is 98.4 cm³/mol. The molecule has 0 aromatic heterocycles. The second kappa shape index (κ2) is 9.09. The van der Waals surface area contributed by atoms with Crippen LogP contribution in [0.2, 0.25) is 5.02 Å². The van der Waals surface area contributed by atoms with Gasteiger partial charge in [-0.15, -0.1) is 0 Å². The number of esters is 1. The number of rotatable bonds is 8. The van der Waals surface area contributed by atoms with Crippen LogP contribution in [0.4, 0.5) is 5.69 Å². The molecule has 0 unspecified atom stereocenters. The van der Waals surface area contributed by atoms with Gasteiger partial charge in [0.05, 0.1) is 42.4 Å². The third-order valence-corrected chi connectivity index (χ3v) is 3.76. The van der Waals surface area contributed by atoms with E-state index in [1.54, 1.807) is 0 Å². The van der Waals surface area contributed by atoms with Crippen LogP contribution >= 0.6 is 11.6 Å². The fourth-order valence-corrected chi connectivity index (χ4v) is 2.46. The molecule has 0 saturated carbocycles. The van der Waals surface area contributed by atoms with Gasteiger partial charge in [-0.05, 0) is 30.7 Å². The number of nitrogens with zero attached hydrogens (tertiary/aromatic N) is 1. The molecule has 8 nitrogen and oxygen atoms in total. The van der Waals surface area contributed by atoms with E-state index in [9.17, 15) is 14.9 Å². The van der Waals surface area contributed by atoms with Gasteiger partial charge in [0.2, 0.25) is 5.75 Å². The van der Waals surface area contributed by atoms with Crippen molar-refractivity contribution in [3.63, 3.8) is 0 Å². The van der Waals surface area contributed by atoms with E-state index in [1.165, 1.54) is 38.5 Å². The van der Waals surface area contributed by atoms with Crippen molar-refractivity contribution >= 4 is 23.3 Å². The van der Waals surface area contributed by atoms with Gasteiger partial charge in [0, 0.05) is 0 Å². The minimum absolute atomic E-state index is 0.0609. The highest BCUT2D eigenvalue weighted by molar-refractivity contribution is 6.32. The zero-order valence-corrected chi connectivity index (χ0v) is 15.7. The van der Waals surface area contributed by atoms with Crippen LogP contribution < -0.4 is 18.9 Å². The summed E-state index contributed by atoms with van der Waals surface area (Å²) in [5.74, 6) is -0.207. The molecule has 2 aromatic rings. The third kappa shape index (κ3) is 4.79. The zero-order chi connectivity index (χ0) is 20.0. The van der Waals surface area contributed by atoms with Crippen LogP contribution in [-0.4, -0.2) is 31.7 Å². The summed E-state index contributed by atoms with van der Waals surface area (Å²) < 4.78 is 20.9. The Labute approximate surface area is 160 Å². The summed E-state index contributed by atoms with van der Waals surface area (Å²) in [6.07, 6.45) is 0.768. The summed E-state index contributed by atoms with van der Waals surface area (Å²) >= 11 is 6.18. The average molecular weight is 396 g/mol. The Balaban J connectivity index is 2.33. The van der Waals surface area contributed by atoms with Crippen molar-refractivity contribution in [2.45, 2.75) is 13.3 Å². The normalized spacial score (nSPS) is 10.2. The first-order valence-corrected chi connectivity index (χ1v) is 8.34. The molecule has 0 saturated heterocycles. The molecular formula is C18H18ClNO7. The van der Waals surface area contributed by atoms with Gasteiger partial charge in [-0.25, -0.2) is 4.79 Å². The topological polar surface area (TPSA) is 97.1 Å². The SMILES string of the molecule is CCCOc1c(Cl)cc(C(=O)Oc2ccc(OC)cc2[N+](=O)[O-])cc1OC. The fraction of sp³-hybridized carbons (Fsp3) is 0.278. The Morgan fingerprint density at radius 3 is 2.48 bits per heavy atom. The lowest BCUT2D eigenvalue weighted by molar-refractivity contribution is -0.385. The number of halogens is 1. The summed E-state index contributed by atoms with van der Waals surface area (Å²) in [6.45, 7) is 2.37. The smallest absolute Gasteiger partial charge is 0.343 e. The second-order valence-corrected chi connectivity index (χ2v) is 5.73. The van der Waals surface area contributed by atoms with Gasteiger partial charge in [-0.3, -0.25) is 10.1 Å². The molecule has 27 heavy (non-hydrogen) atoms. The van der Waals surface area contributed by atoms with E-state index in [0.29, 0.717) is 12.4 Å². The maximum atomic E-state index is 12.5. The molecule has 0 bridgehead atoms. The molecule has 0 aliphatic carbocycles. The molecule has 0 spiro atoms. The maximum absolute atomic E-state index is 12.5. The molecule has 0 aliphatic rings. The maximum Gasteiger partial charge on any atom is 0.343 e.